The molecule has 0 aliphatic heterocycles. The average Bonchev–Trinajstić information content (AvgIpc) is 3.34. The van der Waals surface area contributed by atoms with Gasteiger partial charge in [0.25, 0.3) is 5.91 Å². The molecule has 0 saturated heterocycles. The summed E-state index contributed by atoms with van der Waals surface area (Å²) in [4.78, 5) is 17.9. The zero-order valence-electron chi connectivity index (χ0n) is 17.9. The number of nitrogens with one attached hydrogen (secondary N) is 1. The van der Waals surface area contributed by atoms with Crippen molar-refractivity contribution >= 4 is 22.2 Å². The first-order valence-electron chi connectivity index (χ1n) is 9.90. The van der Waals surface area contributed by atoms with E-state index in [-0.39, 0.29) is 5.91 Å². The molecule has 0 fully saturated rings. The molecule has 0 atom stereocenters. The van der Waals surface area contributed by atoms with Crippen LogP contribution in [0, 0.1) is 13.8 Å². The van der Waals surface area contributed by atoms with Crippen LogP contribution in [0.4, 0.5) is 0 Å². The predicted molar refractivity (Wildman–Crippen MR) is 121 cm³/mol. The van der Waals surface area contributed by atoms with Crippen LogP contribution in [0.25, 0.3) is 16.3 Å². The lowest BCUT2D eigenvalue weighted by Gasteiger charge is -2.08. The lowest BCUT2D eigenvalue weighted by molar-refractivity contribution is 0.0954. The van der Waals surface area contributed by atoms with E-state index < -0.39 is 0 Å². The molecule has 4 aromatic rings. The standard InChI is InChI=1S/C23H24N4O3S/c1-14-9-15(2)11-17(10-14)22(28)24-8-7-18-13-31-23-25-21(26-27(18)23)16-5-6-19(29-3)20(12-16)30-4/h5-6,9-13H,7-8H2,1-4H3,(H,24,28). The average molecular weight is 437 g/mol. The van der Waals surface area contributed by atoms with Crippen LogP contribution < -0.4 is 14.8 Å². The van der Waals surface area contributed by atoms with Gasteiger partial charge in [0, 0.05) is 29.5 Å². The van der Waals surface area contributed by atoms with Gasteiger partial charge in [0.1, 0.15) is 0 Å². The summed E-state index contributed by atoms with van der Waals surface area (Å²) in [7, 11) is 3.21. The molecular weight excluding hydrogens is 412 g/mol. The van der Waals surface area contributed by atoms with Gasteiger partial charge in [-0.05, 0) is 44.2 Å². The number of nitrogens with zero attached hydrogens (tertiary/aromatic N) is 3. The van der Waals surface area contributed by atoms with Crippen LogP contribution in [0.5, 0.6) is 11.5 Å². The van der Waals surface area contributed by atoms with Crippen LogP contribution in [-0.4, -0.2) is 41.3 Å². The monoisotopic (exact) mass is 436 g/mol. The third-order valence-corrected chi connectivity index (χ3v) is 5.81. The minimum atomic E-state index is -0.0668. The number of benzene rings is 2. The summed E-state index contributed by atoms with van der Waals surface area (Å²) in [5, 5.41) is 9.68. The van der Waals surface area contributed by atoms with Crippen molar-refractivity contribution in [1.29, 1.82) is 0 Å². The Morgan fingerprint density at radius 3 is 2.52 bits per heavy atom. The first-order chi connectivity index (χ1) is 15.0. The maximum Gasteiger partial charge on any atom is 0.251 e. The molecule has 2 aromatic carbocycles. The van der Waals surface area contributed by atoms with Gasteiger partial charge in [-0.25, -0.2) is 4.52 Å². The molecule has 0 aliphatic rings. The highest BCUT2D eigenvalue weighted by molar-refractivity contribution is 7.15. The minimum Gasteiger partial charge on any atom is -0.493 e. The summed E-state index contributed by atoms with van der Waals surface area (Å²) in [6, 6.07) is 11.5. The number of hydrogen-bond donors (Lipinski definition) is 1. The molecule has 1 amide bonds. The van der Waals surface area contributed by atoms with Gasteiger partial charge in [-0.2, -0.15) is 4.98 Å². The Morgan fingerprint density at radius 2 is 1.81 bits per heavy atom. The van der Waals surface area contributed by atoms with Crippen LogP contribution in [0.2, 0.25) is 0 Å². The van der Waals surface area contributed by atoms with Crippen molar-refractivity contribution in [1.82, 2.24) is 19.9 Å². The number of amides is 1. The van der Waals surface area contributed by atoms with E-state index in [9.17, 15) is 4.79 Å². The van der Waals surface area contributed by atoms with E-state index in [1.54, 1.807) is 14.2 Å². The summed E-state index contributed by atoms with van der Waals surface area (Å²) in [5.41, 5.74) is 4.69. The second-order valence-electron chi connectivity index (χ2n) is 7.31. The molecule has 2 aromatic heterocycles. The Balaban J connectivity index is 1.47. The maximum atomic E-state index is 12.5. The third kappa shape index (κ3) is 4.39. The van der Waals surface area contributed by atoms with E-state index in [0.29, 0.717) is 35.9 Å². The van der Waals surface area contributed by atoms with Crippen molar-refractivity contribution in [2.45, 2.75) is 20.3 Å². The van der Waals surface area contributed by atoms with Gasteiger partial charge in [0.15, 0.2) is 17.3 Å². The molecule has 0 spiro atoms. The fourth-order valence-corrected chi connectivity index (χ4v) is 4.36. The zero-order valence-corrected chi connectivity index (χ0v) is 18.7. The molecule has 0 bridgehead atoms. The van der Waals surface area contributed by atoms with Crippen LogP contribution in [0.3, 0.4) is 0 Å². The van der Waals surface area contributed by atoms with Gasteiger partial charge in [0.2, 0.25) is 4.96 Å². The van der Waals surface area contributed by atoms with E-state index in [2.05, 4.69) is 21.5 Å². The van der Waals surface area contributed by atoms with Crippen LogP contribution in [-0.2, 0) is 6.42 Å². The van der Waals surface area contributed by atoms with Gasteiger partial charge in [-0.15, -0.1) is 16.4 Å². The molecule has 0 saturated carbocycles. The third-order valence-electron chi connectivity index (χ3n) is 4.94. The summed E-state index contributed by atoms with van der Waals surface area (Å²) in [5.74, 6) is 1.84. The number of methoxy groups -OCH3 is 2. The molecule has 1 N–H and O–H groups in total. The van der Waals surface area contributed by atoms with Gasteiger partial charge in [0.05, 0.1) is 19.9 Å². The number of carbonyl (C=O) groups excluding carboxylic acids is 1. The summed E-state index contributed by atoms with van der Waals surface area (Å²) in [6.07, 6.45) is 0.658. The molecule has 4 rings (SSSR count). The highest BCUT2D eigenvalue weighted by atomic mass is 32.1. The number of rotatable bonds is 7. The number of fused-ring (bicyclic) bond motifs is 1. The lowest BCUT2D eigenvalue weighted by atomic mass is 10.1. The largest absolute Gasteiger partial charge is 0.493 e. The van der Waals surface area contributed by atoms with E-state index in [0.717, 1.165) is 27.3 Å². The van der Waals surface area contributed by atoms with E-state index in [1.165, 1.54) is 11.3 Å². The Bertz CT molecular complexity index is 1220. The number of aromatic nitrogens is 3. The first kappa shape index (κ1) is 20.9. The maximum absolute atomic E-state index is 12.5. The minimum absolute atomic E-state index is 0.0668. The predicted octanol–water partition coefficient (Wildman–Crippen LogP) is 4.06. The summed E-state index contributed by atoms with van der Waals surface area (Å²) >= 11 is 1.53. The molecule has 160 valence electrons. The number of hydrogen-bond acceptors (Lipinski definition) is 6. The molecule has 7 nitrogen and oxygen atoms in total. The smallest absolute Gasteiger partial charge is 0.251 e. The molecule has 0 aliphatic carbocycles. The molecule has 0 unspecified atom stereocenters. The summed E-state index contributed by atoms with van der Waals surface area (Å²) < 4.78 is 12.5. The van der Waals surface area contributed by atoms with Crippen molar-refractivity contribution in [3.8, 4) is 22.9 Å². The fraction of sp³-hybridized carbons (Fsp3) is 0.261. The normalized spacial score (nSPS) is 11.0. The van der Waals surface area contributed by atoms with E-state index in [1.807, 2.05) is 54.1 Å². The Labute approximate surface area is 184 Å². The number of carbonyl (C=O) groups is 1. The molecule has 2 heterocycles. The highest BCUT2D eigenvalue weighted by Crippen LogP contribution is 2.31. The lowest BCUT2D eigenvalue weighted by Crippen LogP contribution is -2.26. The van der Waals surface area contributed by atoms with Gasteiger partial charge < -0.3 is 14.8 Å². The number of aryl methyl sites for hydroxylation is 2. The van der Waals surface area contributed by atoms with E-state index in [4.69, 9.17) is 9.47 Å². The second kappa shape index (κ2) is 8.77. The molecule has 8 heteroatoms. The topological polar surface area (TPSA) is 77.8 Å². The van der Waals surface area contributed by atoms with Crippen molar-refractivity contribution in [2.24, 2.45) is 0 Å². The van der Waals surface area contributed by atoms with Crippen molar-refractivity contribution in [3.63, 3.8) is 0 Å². The van der Waals surface area contributed by atoms with Gasteiger partial charge in [-0.1, -0.05) is 17.2 Å². The first-order valence-corrected chi connectivity index (χ1v) is 10.8. The molecule has 31 heavy (non-hydrogen) atoms. The Kier molecular flexibility index (Phi) is 5.90. The molecular formula is C23H24N4O3S. The van der Waals surface area contributed by atoms with Crippen molar-refractivity contribution < 1.29 is 14.3 Å². The number of ether oxygens (including phenoxy) is 2. The molecule has 0 radical (unpaired) electrons. The van der Waals surface area contributed by atoms with Crippen molar-refractivity contribution in [3.05, 3.63) is 64.2 Å². The van der Waals surface area contributed by atoms with Crippen LogP contribution >= 0.6 is 11.3 Å². The number of thiazole rings is 1. The Hall–Kier alpha value is -3.39. The zero-order chi connectivity index (χ0) is 22.0. The summed E-state index contributed by atoms with van der Waals surface area (Å²) in [6.45, 7) is 4.50. The second-order valence-corrected chi connectivity index (χ2v) is 8.15. The van der Waals surface area contributed by atoms with Gasteiger partial charge >= 0.3 is 0 Å². The SMILES string of the molecule is COc1ccc(-c2nc3scc(CCNC(=O)c4cc(C)cc(C)c4)n3n2)cc1OC. The van der Waals surface area contributed by atoms with E-state index >= 15 is 0 Å². The Morgan fingerprint density at radius 1 is 1.06 bits per heavy atom. The fourth-order valence-electron chi connectivity index (χ4n) is 3.51. The highest BCUT2D eigenvalue weighted by Gasteiger charge is 2.14. The van der Waals surface area contributed by atoms with Gasteiger partial charge in [-0.3, -0.25) is 4.79 Å². The van der Waals surface area contributed by atoms with Crippen LogP contribution in [0.1, 0.15) is 27.2 Å². The van der Waals surface area contributed by atoms with Crippen LogP contribution in [0.15, 0.2) is 41.8 Å². The quantitative estimate of drug-likeness (QED) is 0.473. The van der Waals surface area contributed by atoms with Crippen molar-refractivity contribution in [2.75, 3.05) is 20.8 Å².